The van der Waals surface area contributed by atoms with Crippen molar-refractivity contribution in [3.63, 3.8) is 0 Å². The number of carbonyl (C=O) groups is 2. The quantitative estimate of drug-likeness (QED) is 0.763. The van der Waals surface area contributed by atoms with E-state index in [1.165, 1.54) is 0 Å². The van der Waals surface area contributed by atoms with Gasteiger partial charge >= 0.3 is 6.03 Å². The number of amides is 3. The fourth-order valence-electron chi connectivity index (χ4n) is 3.13. The third kappa shape index (κ3) is 5.31. The van der Waals surface area contributed by atoms with Gasteiger partial charge in [-0.1, -0.05) is 35.3 Å². The minimum absolute atomic E-state index is 0.000701. The second-order valence-electron chi connectivity index (χ2n) is 7.04. The molecule has 0 bridgehead atoms. The highest BCUT2D eigenvalue weighted by atomic mass is 35.5. The Balaban J connectivity index is 1.67. The topological polar surface area (TPSA) is 77.6 Å². The Kier molecular flexibility index (Phi) is 6.82. The van der Waals surface area contributed by atoms with Crippen LogP contribution in [-0.4, -0.2) is 54.0 Å². The van der Waals surface area contributed by atoms with Crippen molar-refractivity contribution in [3.05, 3.63) is 52.1 Å². The maximum absolute atomic E-state index is 13.1. The molecule has 2 aromatic rings. The lowest BCUT2D eigenvalue weighted by atomic mass is 10.1. The molecule has 1 aromatic heterocycles. The fraction of sp³-hybridized carbons (Fsp3) is 0.350. The number of carbonyl (C=O) groups excluding carboxylic acids is 2. The van der Waals surface area contributed by atoms with E-state index in [0.717, 1.165) is 0 Å². The van der Waals surface area contributed by atoms with Crippen LogP contribution < -0.4 is 15.5 Å². The summed E-state index contributed by atoms with van der Waals surface area (Å²) in [5, 5.41) is 6.49. The number of halogens is 2. The number of hydrogen-bond donors (Lipinski definition) is 2. The lowest BCUT2D eigenvalue weighted by Crippen LogP contribution is -2.49. The Morgan fingerprint density at radius 3 is 2.45 bits per heavy atom. The third-order valence-corrected chi connectivity index (χ3v) is 4.97. The van der Waals surface area contributed by atoms with Crippen LogP contribution in [0.2, 0.25) is 10.0 Å². The van der Waals surface area contributed by atoms with E-state index in [1.807, 2.05) is 18.7 Å². The van der Waals surface area contributed by atoms with E-state index in [-0.39, 0.29) is 18.0 Å². The van der Waals surface area contributed by atoms with Crippen LogP contribution in [0.25, 0.3) is 0 Å². The Morgan fingerprint density at radius 1 is 1.10 bits per heavy atom. The van der Waals surface area contributed by atoms with Crippen molar-refractivity contribution >= 4 is 46.6 Å². The molecule has 2 N–H and O–H groups in total. The van der Waals surface area contributed by atoms with E-state index >= 15 is 0 Å². The predicted octanol–water partition coefficient (Wildman–Crippen LogP) is 3.88. The van der Waals surface area contributed by atoms with Gasteiger partial charge in [0.1, 0.15) is 5.82 Å². The average Bonchev–Trinajstić information content (AvgIpc) is 2.67. The molecular weight excluding hydrogens is 413 g/mol. The maximum Gasteiger partial charge on any atom is 0.319 e. The van der Waals surface area contributed by atoms with Crippen molar-refractivity contribution in [3.8, 4) is 0 Å². The zero-order chi connectivity index (χ0) is 21.0. The molecule has 0 unspecified atom stereocenters. The molecule has 7 nitrogen and oxygen atoms in total. The third-order valence-electron chi connectivity index (χ3n) is 4.48. The number of hydrogen-bond acceptors (Lipinski definition) is 4. The highest BCUT2D eigenvalue weighted by Crippen LogP contribution is 2.27. The van der Waals surface area contributed by atoms with Crippen LogP contribution in [-0.2, 0) is 0 Å². The molecule has 0 atom stereocenters. The Hall–Kier alpha value is -2.51. The van der Waals surface area contributed by atoms with E-state index in [0.29, 0.717) is 53.3 Å². The smallest absolute Gasteiger partial charge is 0.319 e. The van der Waals surface area contributed by atoms with E-state index in [4.69, 9.17) is 23.2 Å². The number of pyridine rings is 1. The van der Waals surface area contributed by atoms with E-state index in [9.17, 15) is 9.59 Å². The lowest BCUT2D eigenvalue weighted by Gasteiger charge is -2.36. The highest BCUT2D eigenvalue weighted by molar-refractivity contribution is 6.36. The first-order chi connectivity index (χ1) is 13.8. The van der Waals surface area contributed by atoms with Crippen molar-refractivity contribution in [2.75, 3.05) is 36.4 Å². The van der Waals surface area contributed by atoms with Gasteiger partial charge in [-0.15, -0.1) is 0 Å². The van der Waals surface area contributed by atoms with Gasteiger partial charge in [0.25, 0.3) is 5.91 Å². The van der Waals surface area contributed by atoms with Crippen LogP contribution in [0.3, 0.4) is 0 Å². The number of rotatable bonds is 4. The van der Waals surface area contributed by atoms with Crippen LogP contribution in [0.5, 0.6) is 0 Å². The molecule has 1 aliphatic rings. The first-order valence-corrected chi connectivity index (χ1v) is 10.1. The number of benzene rings is 1. The van der Waals surface area contributed by atoms with Gasteiger partial charge in [-0.25, -0.2) is 9.78 Å². The fourth-order valence-corrected chi connectivity index (χ4v) is 3.63. The average molecular weight is 436 g/mol. The molecule has 29 heavy (non-hydrogen) atoms. The number of nitrogens with one attached hydrogen (secondary N) is 2. The predicted molar refractivity (Wildman–Crippen MR) is 116 cm³/mol. The van der Waals surface area contributed by atoms with Crippen molar-refractivity contribution in [2.24, 2.45) is 0 Å². The summed E-state index contributed by atoms with van der Waals surface area (Å²) in [4.78, 5) is 33.2. The summed E-state index contributed by atoms with van der Waals surface area (Å²) in [5.74, 6) is 0.538. The summed E-state index contributed by atoms with van der Waals surface area (Å²) in [6.45, 7) is 5.99. The summed E-state index contributed by atoms with van der Waals surface area (Å²) < 4.78 is 0. The van der Waals surface area contributed by atoms with Gasteiger partial charge in [-0.05, 0) is 32.0 Å². The van der Waals surface area contributed by atoms with E-state index in [2.05, 4.69) is 15.6 Å². The normalized spacial score (nSPS) is 14.1. The van der Waals surface area contributed by atoms with Gasteiger partial charge in [-0.3, -0.25) is 4.79 Å². The molecule has 3 rings (SSSR count). The largest absolute Gasteiger partial charge is 0.352 e. The molecule has 1 aromatic carbocycles. The summed E-state index contributed by atoms with van der Waals surface area (Å²) in [7, 11) is 0. The number of urea groups is 1. The molecule has 1 aliphatic heterocycles. The summed E-state index contributed by atoms with van der Waals surface area (Å²) in [5.41, 5.74) is 0.947. The molecule has 0 aliphatic carbocycles. The molecular formula is C20H23Cl2N5O2. The lowest BCUT2D eigenvalue weighted by molar-refractivity contribution is 0.0747. The first-order valence-electron chi connectivity index (χ1n) is 9.37. The minimum Gasteiger partial charge on any atom is -0.352 e. The zero-order valence-electron chi connectivity index (χ0n) is 16.3. The molecule has 0 radical (unpaired) electrons. The summed E-state index contributed by atoms with van der Waals surface area (Å²) in [6.07, 6.45) is 1.56. The Bertz CT molecular complexity index is 898. The number of nitrogens with zero attached hydrogens (tertiary/aromatic N) is 3. The van der Waals surface area contributed by atoms with E-state index in [1.54, 1.807) is 41.4 Å². The molecule has 0 saturated carbocycles. The number of para-hydroxylation sites is 1. The first kappa shape index (κ1) is 21.2. The van der Waals surface area contributed by atoms with Gasteiger partial charge in [-0.2, -0.15) is 0 Å². The standard InChI is InChI=1S/C20H23Cl2N5O2/c1-13(2)24-20(29)25-17-6-4-3-5-15(17)19(28)27-9-7-26(8-10-27)18-16(22)11-14(21)12-23-18/h3-6,11-13H,7-10H2,1-2H3,(H2,24,25,29). The second kappa shape index (κ2) is 9.33. The summed E-state index contributed by atoms with van der Waals surface area (Å²) >= 11 is 12.2. The van der Waals surface area contributed by atoms with Crippen LogP contribution in [0.1, 0.15) is 24.2 Å². The molecule has 2 heterocycles. The monoisotopic (exact) mass is 435 g/mol. The maximum atomic E-state index is 13.1. The Morgan fingerprint density at radius 2 is 1.79 bits per heavy atom. The molecule has 9 heteroatoms. The van der Waals surface area contributed by atoms with Crippen LogP contribution in [0.4, 0.5) is 16.3 Å². The SMILES string of the molecule is CC(C)NC(=O)Nc1ccccc1C(=O)N1CCN(c2ncc(Cl)cc2Cl)CC1. The van der Waals surface area contributed by atoms with Crippen molar-refractivity contribution in [2.45, 2.75) is 19.9 Å². The number of aromatic nitrogens is 1. The van der Waals surface area contributed by atoms with Gasteiger partial charge in [0.15, 0.2) is 0 Å². The minimum atomic E-state index is -0.339. The highest BCUT2D eigenvalue weighted by Gasteiger charge is 2.25. The van der Waals surface area contributed by atoms with Crippen LogP contribution in [0.15, 0.2) is 36.5 Å². The molecule has 0 spiro atoms. The van der Waals surface area contributed by atoms with Gasteiger partial charge < -0.3 is 20.4 Å². The van der Waals surface area contributed by atoms with Crippen LogP contribution in [0, 0.1) is 0 Å². The molecule has 3 amide bonds. The second-order valence-corrected chi connectivity index (χ2v) is 7.88. The molecule has 1 saturated heterocycles. The molecule has 154 valence electrons. The van der Waals surface area contributed by atoms with Crippen molar-refractivity contribution in [1.29, 1.82) is 0 Å². The zero-order valence-corrected chi connectivity index (χ0v) is 17.8. The van der Waals surface area contributed by atoms with E-state index < -0.39 is 0 Å². The number of piperazine rings is 1. The Labute approximate surface area is 180 Å². The van der Waals surface area contributed by atoms with Crippen LogP contribution >= 0.6 is 23.2 Å². The van der Waals surface area contributed by atoms with Crippen molar-refractivity contribution in [1.82, 2.24) is 15.2 Å². The summed E-state index contributed by atoms with van der Waals surface area (Å²) in [6, 6.07) is 8.33. The number of anilines is 2. The molecule has 1 fully saturated rings. The van der Waals surface area contributed by atoms with Gasteiger partial charge in [0, 0.05) is 38.4 Å². The van der Waals surface area contributed by atoms with Gasteiger partial charge in [0.2, 0.25) is 0 Å². The van der Waals surface area contributed by atoms with Crippen molar-refractivity contribution < 1.29 is 9.59 Å². The van der Waals surface area contributed by atoms with Gasteiger partial charge in [0.05, 0.1) is 21.3 Å².